The van der Waals surface area contributed by atoms with Gasteiger partial charge >= 0.3 is 0 Å². The van der Waals surface area contributed by atoms with Gasteiger partial charge in [0.1, 0.15) is 0 Å². The Bertz CT molecular complexity index is 467. The fraction of sp³-hybridized carbons (Fsp3) is 1.00. The second-order valence-electron chi connectivity index (χ2n) is 15.4. The summed E-state index contributed by atoms with van der Waals surface area (Å²) in [4.78, 5) is 0. The van der Waals surface area contributed by atoms with Crippen LogP contribution in [0.25, 0.3) is 0 Å². The Morgan fingerprint density at radius 2 is 0.341 bits per heavy atom. The lowest BCUT2D eigenvalue weighted by Crippen LogP contribution is -1.95. The predicted molar refractivity (Wildman–Crippen MR) is 205 cm³/mol. The van der Waals surface area contributed by atoms with Crippen molar-refractivity contribution < 1.29 is 0 Å². The fourth-order valence-electron chi connectivity index (χ4n) is 7.29. The molecule has 0 heteroatoms. The molecule has 0 aromatic rings. The molecular formula is C44H90. The highest BCUT2D eigenvalue weighted by Gasteiger charge is 2.03. The second-order valence-corrected chi connectivity index (χ2v) is 15.4. The van der Waals surface area contributed by atoms with Crippen LogP contribution in [0, 0.1) is 5.92 Å². The first-order chi connectivity index (χ1) is 21.8. The number of hydrogen-bond donors (Lipinski definition) is 0. The van der Waals surface area contributed by atoms with Crippen molar-refractivity contribution in [2.75, 3.05) is 0 Å². The van der Waals surface area contributed by atoms with Crippen molar-refractivity contribution in [1.82, 2.24) is 0 Å². The zero-order chi connectivity index (χ0) is 31.9. The van der Waals surface area contributed by atoms with E-state index in [1.807, 2.05) is 0 Å². The molecule has 0 N–H and O–H groups in total. The van der Waals surface area contributed by atoms with E-state index in [2.05, 4.69) is 20.8 Å². The third-order valence-electron chi connectivity index (χ3n) is 10.6. The molecule has 0 rings (SSSR count). The molecule has 1 atom stereocenters. The van der Waals surface area contributed by atoms with Crippen molar-refractivity contribution in [3.63, 3.8) is 0 Å². The molecule has 0 heterocycles. The third-order valence-corrected chi connectivity index (χ3v) is 10.6. The van der Waals surface area contributed by atoms with Gasteiger partial charge in [-0.05, 0) is 5.92 Å². The Morgan fingerprint density at radius 3 is 0.500 bits per heavy atom. The van der Waals surface area contributed by atoms with Crippen LogP contribution in [-0.2, 0) is 0 Å². The first-order valence-electron chi connectivity index (χ1n) is 21.8. The molecule has 0 aromatic carbocycles. The molecule has 0 saturated heterocycles. The lowest BCUT2D eigenvalue weighted by molar-refractivity contribution is 0.429. The van der Waals surface area contributed by atoms with Gasteiger partial charge in [-0.3, -0.25) is 0 Å². The van der Waals surface area contributed by atoms with E-state index in [1.54, 1.807) is 0 Å². The van der Waals surface area contributed by atoms with E-state index in [1.165, 1.54) is 257 Å². The summed E-state index contributed by atoms with van der Waals surface area (Å²) in [6, 6.07) is 0. The summed E-state index contributed by atoms with van der Waals surface area (Å²) < 4.78 is 0. The van der Waals surface area contributed by atoms with Crippen molar-refractivity contribution in [3.05, 3.63) is 0 Å². The van der Waals surface area contributed by atoms with Crippen LogP contribution in [0.3, 0.4) is 0 Å². The average Bonchev–Trinajstić information content (AvgIpc) is 3.03. The van der Waals surface area contributed by atoms with E-state index in [0.29, 0.717) is 0 Å². The van der Waals surface area contributed by atoms with Crippen LogP contribution < -0.4 is 0 Å². The van der Waals surface area contributed by atoms with E-state index in [0.717, 1.165) is 5.92 Å². The first kappa shape index (κ1) is 44.0. The molecule has 0 aliphatic rings. The zero-order valence-electron chi connectivity index (χ0n) is 31.9. The Hall–Kier alpha value is 0. The molecule has 0 fully saturated rings. The maximum Gasteiger partial charge on any atom is -0.0443 e. The van der Waals surface area contributed by atoms with Gasteiger partial charge in [-0.2, -0.15) is 0 Å². The highest BCUT2D eigenvalue weighted by molar-refractivity contribution is 4.57. The average molecular weight is 619 g/mol. The molecule has 0 nitrogen and oxygen atoms in total. The minimum Gasteiger partial charge on any atom is -0.0654 e. The molecule has 0 spiro atoms. The summed E-state index contributed by atoms with van der Waals surface area (Å²) in [5, 5.41) is 0. The summed E-state index contributed by atoms with van der Waals surface area (Å²) in [5.41, 5.74) is 0. The van der Waals surface area contributed by atoms with Gasteiger partial charge in [0.2, 0.25) is 0 Å². The van der Waals surface area contributed by atoms with Crippen LogP contribution in [0.5, 0.6) is 0 Å². The van der Waals surface area contributed by atoms with E-state index in [9.17, 15) is 0 Å². The summed E-state index contributed by atoms with van der Waals surface area (Å²) in [7, 11) is 0. The standard InChI is InChI=1S/C44H90/c1-4-6-8-10-12-14-16-18-20-22-24-25-27-29-31-33-35-37-39-41-43-44(3)42-40-38-36-34-32-30-28-26-23-21-19-17-15-13-11-9-7-5-2/h44H,4-43H2,1-3H3. The van der Waals surface area contributed by atoms with Crippen molar-refractivity contribution in [3.8, 4) is 0 Å². The molecule has 44 heavy (non-hydrogen) atoms. The number of unbranched alkanes of at least 4 members (excludes halogenated alkanes) is 36. The van der Waals surface area contributed by atoms with Crippen molar-refractivity contribution >= 4 is 0 Å². The molecule has 0 amide bonds. The lowest BCUT2D eigenvalue weighted by atomic mass is 9.95. The topological polar surface area (TPSA) is 0 Å². The number of hydrogen-bond acceptors (Lipinski definition) is 0. The van der Waals surface area contributed by atoms with Crippen LogP contribution in [0.4, 0.5) is 0 Å². The molecule has 0 aromatic heterocycles. The van der Waals surface area contributed by atoms with Gasteiger partial charge in [-0.1, -0.05) is 278 Å². The van der Waals surface area contributed by atoms with Crippen LogP contribution in [0.1, 0.15) is 278 Å². The summed E-state index contributed by atoms with van der Waals surface area (Å²) in [5.74, 6) is 0.964. The molecule has 0 aliphatic carbocycles. The molecule has 0 aliphatic heterocycles. The predicted octanol–water partition coefficient (Wildman–Crippen LogP) is 17.3. The summed E-state index contributed by atoms with van der Waals surface area (Å²) in [6.45, 7) is 7.14. The zero-order valence-corrected chi connectivity index (χ0v) is 31.9. The molecule has 0 saturated carbocycles. The summed E-state index contributed by atoms with van der Waals surface area (Å²) >= 11 is 0. The second kappa shape index (κ2) is 41.0. The van der Waals surface area contributed by atoms with Crippen LogP contribution in [-0.4, -0.2) is 0 Å². The highest BCUT2D eigenvalue weighted by Crippen LogP contribution is 2.20. The number of rotatable bonds is 40. The normalized spacial score (nSPS) is 12.3. The maximum atomic E-state index is 2.52. The Balaban J connectivity index is 3.13. The summed E-state index contributed by atoms with van der Waals surface area (Å²) in [6.07, 6.45) is 59.2. The largest absolute Gasteiger partial charge is 0.0654 e. The monoisotopic (exact) mass is 619 g/mol. The highest BCUT2D eigenvalue weighted by atomic mass is 14.1. The molecule has 0 radical (unpaired) electrons. The van der Waals surface area contributed by atoms with Crippen molar-refractivity contribution in [2.45, 2.75) is 278 Å². The van der Waals surface area contributed by atoms with Crippen molar-refractivity contribution in [2.24, 2.45) is 5.92 Å². The minimum atomic E-state index is 0.964. The van der Waals surface area contributed by atoms with Gasteiger partial charge in [0.15, 0.2) is 0 Å². The molecule has 266 valence electrons. The van der Waals surface area contributed by atoms with E-state index >= 15 is 0 Å². The van der Waals surface area contributed by atoms with Gasteiger partial charge in [0, 0.05) is 0 Å². The Morgan fingerprint density at radius 1 is 0.205 bits per heavy atom. The minimum absolute atomic E-state index is 0.964. The van der Waals surface area contributed by atoms with Crippen LogP contribution in [0.15, 0.2) is 0 Å². The Labute approximate surface area is 282 Å². The van der Waals surface area contributed by atoms with E-state index in [-0.39, 0.29) is 0 Å². The molecule has 0 bridgehead atoms. The van der Waals surface area contributed by atoms with Crippen molar-refractivity contribution in [1.29, 1.82) is 0 Å². The van der Waals surface area contributed by atoms with Gasteiger partial charge in [-0.15, -0.1) is 0 Å². The van der Waals surface area contributed by atoms with Gasteiger partial charge < -0.3 is 0 Å². The van der Waals surface area contributed by atoms with E-state index < -0.39 is 0 Å². The first-order valence-corrected chi connectivity index (χ1v) is 21.8. The fourth-order valence-corrected chi connectivity index (χ4v) is 7.29. The SMILES string of the molecule is CCCCCCCCCCCCCCCCCCCCCCC(C)CCCCCCCCCCCCCCCCCCCC. The van der Waals surface area contributed by atoms with Crippen LogP contribution >= 0.6 is 0 Å². The third kappa shape index (κ3) is 40.0. The quantitative estimate of drug-likeness (QED) is 0.0599. The van der Waals surface area contributed by atoms with Gasteiger partial charge in [0.25, 0.3) is 0 Å². The van der Waals surface area contributed by atoms with Gasteiger partial charge in [0.05, 0.1) is 0 Å². The molecular weight excluding hydrogens is 528 g/mol. The van der Waals surface area contributed by atoms with Gasteiger partial charge in [-0.25, -0.2) is 0 Å². The molecule has 1 unspecified atom stereocenters. The van der Waals surface area contributed by atoms with E-state index in [4.69, 9.17) is 0 Å². The smallest absolute Gasteiger partial charge is 0.0443 e. The Kier molecular flexibility index (Phi) is 41.0. The lowest BCUT2D eigenvalue weighted by Gasteiger charge is -2.11. The van der Waals surface area contributed by atoms with Crippen LogP contribution in [0.2, 0.25) is 0 Å². The maximum absolute atomic E-state index is 2.52.